The molecule has 0 radical (unpaired) electrons. The summed E-state index contributed by atoms with van der Waals surface area (Å²) in [7, 11) is 0. The van der Waals surface area contributed by atoms with E-state index in [1.54, 1.807) is 0 Å². The number of hydrogen-bond acceptors (Lipinski definition) is 0. The van der Waals surface area contributed by atoms with Crippen molar-refractivity contribution in [3.63, 3.8) is 0 Å². The van der Waals surface area contributed by atoms with Gasteiger partial charge in [0.05, 0.1) is 11.0 Å². The Morgan fingerprint density at radius 3 is 2.62 bits per heavy atom. The number of fused-ring (bicyclic) bond motifs is 4. The van der Waals surface area contributed by atoms with Crippen LogP contribution in [0.2, 0.25) is 0 Å². The smallest absolute Gasteiger partial charge is 0.0541 e. The lowest BCUT2D eigenvalue weighted by Crippen LogP contribution is -1.93. The molecule has 1 aliphatic rings. The van der Waals surface area contributed by atoms with Crippen molar-refractivity contribution in [2.24, 2.45) is 0 Å². The molecule has 0 aliphatic heterocycles. The van der Waals surface area contributed by atoms with E-state index < -0.39 is 0 Å². The lowest BCUT2D eigenvalue weighted by atomic mass is 10.1. The van der Waals surface area contributed by atoms with Gasteiger partial charge < -0.3 is 4.57 Å². The van der Waals surface area contributed by atoms with Gasteiger partial charge in [-0.1, -0.05) is 42.0 Å². The maximum absolute atomic E-state index is 2.43. The summed E-state index contributed by atoms with van der Waals surface area (Å²) >= 11 is 0. The Morgan fingerprint density at radius 2 is 1.67 bits per heavy atom. The number of rotatable bonds is 1. The molecule has 0 bridgehead atoms. The highest BCUT2D eigenvalue weighted by Crippen LogP contribution is 2.39. The zero-order chi connectivity index (χ0) is 14.0. The number of para-hydroxylation sites is 1. The fraction of sp³-hybridized carbons (Fsp3) is 0.100. The van der Waals surface area contributed by atoms with Crippen molar-refractivity contribution in [2.75, 3.05) is 0 Å². The summed E-state index contributed by atoms with van der Waals surface area (Å²) < 4.78 is 2.43. The molecule has 0 saturated heterocycles. The Kier molecular flexibility index (Phi) is 2.00. The van der Waals surface area contributed by atoms with Gasteiger partial charge in [0.1, 0.15) is 0 Å². The average Bonchev–Trinajstić information content (AvgIpc) is 3.24. The lowest BCUT2D eigenvalue weighted by Gasteiger charge is -2.07. The van der Waals surface area contributed by atoms with Crippen LogP contribution in [0.4, 0.5) is 0 Å². The summed E-state index contributed by atoms with van der Waals surface area (Å²) in [5, 5.41) is 2.69. The molecule has 1 heteroatoms. The van der Waals surface area contributed by atoms with E-state index in [-0.39, 0.29) is 0 Å². The van der Waals surface area contributed by atoms with Crippen molar-refractivity contribution in [1.82, 2.24) is 4.57 Å². The van der Waals surface area contributed by atoms with Crippen LogP contribution in [0.5, 0.6) is 0 Å². The summed E-state index contributed by atoms with van der Waals surface area (Å²) in [4.78, 5) is 0. The fourth-order valence-corrected chi connectivity index (χ4v) is 3.47. The van der Waals surface area contributed by atoms with Crippen LogP contribution in [-0.4, -0.2) is 4.57 Å². The summed E-state index contributed by atoms with van der Waals surface area (Å²) in [6.07, 6.45) is 1.14. The van der Waals surface area contributed by atoms with Crippen molar-refractivity contribution in [1.29, 1.82) is 0 Å². The molecule has 0 saturated carbocycles. The highest BCUT2D eigenvalue weighted by molar-refractivity contribution is 6.09. The second-order valence-corrected chi connectivity index (χ2v) is 5.96. The highest BCUT2D eigenvalue weighted by atomic mass is 15.0. The van der Waals surface area contributed by atoms with Gasteiger partial charge in [-0.05, 0) is 42.3 Å². The molecule has 0 amide bonds. The minimum Gasteiger partial charge on any atom is -0.309 e. The first-order valence-electron chi connectivity index (χ1n) is 7.44. The Hall–Kier alpha value is -2.54. The molecule has 1 aromatic heterocycles. The Morgan fingerprint density at radius 1 is 0.810 bits per heavy atom. The maximum Gasteiger partial charge on any atom is 0.0541 e. The van der Waals surface area contributed by atoms with E-state index in [1.807, 2.05) is 0 Å². The van der Waals surface area contributed by atoms with Crippen LogP contribution in [0.25, 0.3) is 27.5 Å². The topological polar surface area (TPSA) is 4.93 Å². The van der Waals surface area contributed by atoms with Gasteiger partial charge in [-0.2, -0.15) is 0 Å². The van der Waals surface area contributed by atoms with Crippen LogP contribution >= 0.6 is 0 Å². The van der Waals surface area contributed by atoms with Crippen LogP contribution in [0.3, 0.4) is 0 Å². The van der Waals surface area contributed by atoms with Crippen LogP contribution in [0.1, 0.15) is 16.7 Å². The van der Waals surface area contributed by atoms with Gasteiger partial charge in [-0.15, -0.1) is 0 Å². The maximum atomic E-state index is 2.43. The molecule has 0 spiro atoms. The second-order valence-electron chi connectivity index (χ2n) is 5.96. The minimum absolute atomic E-state index is 1.14. The number of benzene rings is 3. The second kappa shape index (κ2) is 3.76. The van der Waals surface area contributed by atoms with Gasteiger partial charge >= 0.3 is 0 Å². The normalized spacial score (nSPS) is 12.8. The van der Waals surface area contributed by atoms with Gasteiger partial charge in [0.25, 0.3) is 0 Å². The predicted octanol–water partition coefficient (Wildman–Crippen LogP) is 5.00. The van der Waals surface area contributed by atoms with E-state index in [2.05, 4.69) is 72.2 Å². The number of aromatic nitrogens is 1. The number of nitrogens with zero attached hydrogens (tertiary/aromatic N) is 1. The number of hydrogen-bond donors (Lipinski definition) is 0. The van der Waals surface area contributed by atoms with Gasteiger partial charge in [-0.3, -0.25) is 0 Å². The molecule has 1 nitrogen and oxygen atoms in total. The van der Waals surface area contributed by atoms with Gasteiger partial charge in [0, 0.05) is 22.9 Å². The fourth-order valence-electron chi connectivity index (χ4n) is 3.47. The zero-order valence-electron chi connectivity index (χ0n) is 11.9. The molecule has 100 valence electrons. The zero-order valence-corrected chi connectivity index (χ0v) is 11.9. The van der Waals surface area contributed by atoms with Gasteiger partial charge in [-0.25, -0.2) is 0 Å². The number of aryl methyl sites for hydroxylation is 1. The SMILES string of the molecule is Cc1ccc2c(c1)c1ccccc1n2-c1cccc2c1C2. The quantitative estimate of drug-likeness (QED) is 0.404. The van der Waals surface area contributed by atoms with E-state index in [4.69, 9.17) is 0 Å². The minimum atomic E-state index is 1.14. The van der Waals surface area contributed by atoms with E-state index in [9.17, 15) is 0 Å². The van der Waals surface area contributed by atoms with Crippen molar-refractivity contribution in [3.8, 4) is 5.69 Å². The van der Waals surface area contributed by atoms with Gasteiger partial charge in [0.15, 0.2) is 0 Å². The van der Waals surface area contributed by atoms with Crippen molar-refractivity contribution >= 4 is 21.8 Å². The van der Waals surface area contributed by atoms with E-state index in [1.165, 1.54) is 44.2 Å². The van der Waals surface area contributed by atoms with Crippen molar-refractivity contribution in [3.05, 3.63) is 77.4 Å². The molecular weight excluding hydrogens is 254 g/mol. The summed E-state index contributed by atoms with van der Waals surface area (Å²) in [6, 6.07) is 22.1. The summed E-state index contributed by atoms with van der Waals surface area (Å²) in [5.41, 5.74) is 8.27. The molecule has 3 aromatic carbocycles. The first kappa shape index (κ1) is 11.2. The highest BCUT2D eigenvalue weighted by Gasteiger charge is 2.23. The molecule has 1 heterocycles. The Labute approximate surface area is 123 Å². The molecule has 21 heavy (non-hydrogen) atoms. The third kappa shape index (κ3) is 1.46. The molecule has 0 fully saturated rings. The third-order valence-corrected chi connectivity index (χ3v) is 4.56. The standard InChI is InChI=1S/C20H15N/c1-13-9-10-20-17(11-13)15-6-2-3-7-18(15)21(20)19-8-4-5-14-12-16(14)19/h2-11H,12H2,1H3. The molecule has 1 aliphatic carbocycles. The summed E-state index contributed by atoms with van der Waals surface area (Å²) in [5.74, 6) is 0. The average molecular weight is 269 g/mol. The van der Waals surface area contributed by atoms with Crippen molar-refractivity contribution in [2.45, 2.75) is 13.3 Å². The molecule has 4 aromatic rings. The lowest BCUT2D eigenvalue weighted by molar-refractivity contribution is 1.17. The predicted molar refractivity (Wildman–Crippen MR) is 88.3 cm³/mol. The van der Waals surface area contributed by atoms with Crippen LogP contribution in [-0.2, 0) is 6.42 Å². The van der Waals surface area contributed by atoms with Gasteiger partial charge in [0.2, 0.25) is 0 Å². The van der Waals surface area contributed by atoms with E-state index in [0.717, 1.165) is 6.42 Å². The molecule has 0 N–H and O–H groups in total. The largest absolute Gasteiger partial charge is 0.309 e. The monoisotopic (exact) mass is 269 g/mol. The van der Waals surface area contributed by atoms with Crippen LogP contribution in [0.15, 0.2) is 60.7 Å². The summed E-state index contributed by atoms with van der Waals surface area (Å²) in [6.45, 7) is 2.16. The molecule has 5 rings (SSSR count). The van der Waals surface area contributed by atoms with E-state index in [0.29, 0.717) is 0 Å². The van der Waals surface area contributed by atoms with E-state index >= 15 is 0 Å². The third-order valence-electron chi connectivity index (χ3n) is 4.56. The first-order chi connectivity index (χ1) is 10.3. The molecular formula is C20H15N. The van der Waals surface area contributed by atoms with Crippen LogP contribution < -0.4 is 0 Å². The Bertz CT molecular complexity index is 1020. The van der Waals surface area contributed by atoms with Crippen LogP contribution in [0, 0.1) is 6.92 Å². The van der Waals surface area contributed by atoms with Crippen molar-refractivity contribution < 1.29 is 0 Å². The molecule has 0 atom stereocenters. The Balaban J connectivity index is 2.00. The molecule has 0 unspecified atom stereocenters. The first-order valence-corrected chi connectivity index (χ1v) is 7.44.